The molecule has 4 heteroatoms. The Balaban J connectivity index is 2.23. The normalized spacial score (nSPS) is 19.7. The Kier molecular flexibility index (Phi) is 5.12. The van der Waals surface area contributed by atoms with Gasteiger partial charge in [0.25, 0.3) is 0 Å². The molecule has 0 bridgehead atoms. The van der Waals surface area contributed by atoms with E-state index in [2.05, 4.69) is 11.8 Å². The Hall–Kier alpha value is -1.42. The quantitative estimate of drug-likeness (QED) is 0.829. The maximum absolute atomic E-state index is 5.41. The number of methoxy groups -OCH3 is 3. The van der Waals surface area contributed by atoms with Gasteiger partial charge in [-0.1, -0.05) is 6.42 Å². The zero-order valence-corrected chi connectivity index (χ0v) is 12.9. The van der Waals surface area contributed by atoms with Gasteiger partial charge in [0.15, 0.2) is 11.5 Å². The second-order valence-corrected chi connectivity index (χ2v) is 5.35. The lowest BCUT2D eigenvalue weighted by molar-refractivity contribution is 0.152. The summed E-state index contributed by atoms with van der Waals surface area (Å²) in [4.78, 5) is 2.52. The van der Waals surface area contributed by atoms with Gasteiger partial charge in [-0.05, 0) is 44.0 Å². The van der Waals surface area contributed by atoms with Crippen LogP contribution < -0.4 is 14.2 Å². The van der Waals surface area contributed by atoms with E-state index in [1.165, 1.54) is 24.8 Å². The van der Waals surface area contributed by atoms with Gasteiger partial charge in [-0.25, -0.2) is 0 Å². The first-order valence-corrected chi connectivity index (χ1v) is 7.22. The number of benzene rings is 1. The number of rotatable bonds is 5. The molecule has 112 valence electrons. The van der Waals surface area contributed by atoms with Crippen molar-refractivity contribution in [2.24, 2.45) is 0 Å². The summed E-state index contributed by atoms with van der Waals surface area (Å²) in [6.45, 7) is 4.40. The molecule has 0 spiro atoms. The number of piperidine rings is 1. The third-order valence-electron chi connectivity index (χ3n) is 4.05. The van der Waals surface area contributed by atoms with Gasteiger partial charge in [0, 0.05) is 12.6 Å². The summed E-state index contributed by atoms with van der Waals surface area (Å²) >= 11 is 0. The van der Waals surface area contributed by atoms with E-state index >= 15 is 0 Å². The summed E-state index contributed by atoms with van der Waals surface area (Å²) in [6, 6.07) is 4.73. The van der Waals surface area contributed by atoms with E-state index in [4.69, 9.17) is 14.2 Å². The molecule has 0 aromatic heterocycles. The minimum absolute atomic E-state index is 0.642. The maximum Gasteiger partial charge on any atom is 0.203 e. The van der Waals surface area contributed by atoms with Gasteiger partial charge in [-0.15, -0.1) is 0 Å². The molecule has 1 aromatic carbocycles. The minimum Gasteiger partial charge on any atom is -0.493 e. The summed E-state index contributed by atoms with van der Waals surface area (Å²) in [6.07, 6.45) is 3.91. The number of nitrogens with zero attached hydrogens (tertiary/aromatic N) is 1. The van der Waals surface area contributed by atoms with Crippen molar-refractivity contribution in [3.05, 3.63) is 17.7 Å². The molecule has 0 aliphatic carbocycles. The van der Waals surface area contributed by atoms with Crippen LogP contribution in [-0.4, -0.2) is 38.8 Å². The second-order valence-electron chi connectivity index (χ2n) is 5.35. The highest BCUT2D eigenvalue weighted by atomic mass is 16.5. The van der Waals surface area contributed by atoms with E-state index in [1.807, 2.05) is 12.1 Å². The van der Waals surface area contributed by atoms with Crippen molar-refractivity contribution < 1.29 is 14.2 Å². The lowest BCUT2D eigenvalue weighted by Crippen LogP contribution is -2.36. The molecule has 1 aromatic rings. The minimum atomic E-state index is 0.642. The van der Waals surface area contributed by atoms with Gasteiger partial charge in [-0.3, -0.25) is 4.90 Å². The van der Waals surface area contributed by atoms with Crippen molar-refractivity contribution >= 4 is 0 Å². The zero-order chi connectivity index (χ0) is 14.5. The highest BCUT2D eigenvalue weighted by Crippen LogP contribution is 2.38. The Bertz CT molecular complexity index is 422. The predicted molar refractivity (Wildman–Crippen MR) is 79.8 cm³/mol. The van der Waals surface area contributed by atoms with Crippen LogP contribution in [0.1, 0.15) is 31.7 Å². The van der Waals surface area contributed by atoms with Gasteiger partial charge in [0.05, 0.1) is 21.3 Å². The van der Waals surface area contributed by atoms with E-state index in [9.17, 15) is 0 Å². The first-order valence-electron chi connectivity index (χ1n) is 7.22. The molecular weight excluding hydrogens is 254 g/mol. The molecule has 1 atom stereocenters. The van der Waals surface area contributed by atoms with Gasteiger partial charge < -0.3 is 14.2 Å². The van der Waals surface area contributed by atoms with Crippen LogP contribution in [0.2, 0.25) is 0 Å². The summed E-state index contributed by atoms with van der Waals surface area (Å²) in [7, 11) is 4.95. The number of hydrogen-bond donors (Lipinski definition) is 0. The lowest BCUT2D eigenvalue weighted by atomic mass is 10.0. The van der Waals surface area contributed by atoms with Crippen molar-refractivity contribution in [3.63, 3.8) is 0 Å². The van der Waals surface area contributed by atoms with Crippen LogP contribution in [0.15, 0.2) is 12.1 Å². The van der Waals surface area contributed by atoms with Crippen molar-refractivity contribution in [2.45, 2.75) is 38.8 Å². The highest BCUT2D eigenvalue weighted by molar-refractivity contribution is 5.53. The van der Waals surface area contributed by atoms with E-state index < -0.39 is 0 Å². The number of ether oxygens (including phenoxy) is 3. The molecule has 1 aliphatic rings. The zero-order valence-electron chi connectivity index (χ0n) is 12.9. The van der Waals surface area contributed by atoms with Crippen LogP contribution in [0, 0.1) is 0 Å². The molecular formula is C16H25NO3. The van der Waals surface area contributed by atoms with E-state index in [0.29, 0.717) is 11.8 Å². The van der Waals surface area contributed by atoms with Gasteiger partial charge in [0.1, 0.15) is 0 Å². The van der Waals surface area contributed by atoms with Crippen LogP contribution in [0.4, 0.5) is 0 Å². The van der Waals surface area contributed by atoms with E-state index in [0.717, 1.165) is 24.6 Å². The van der Waals surface area contributed by atoms with Crippen molar-refractivity contribution in [3.8, 4) is 17.2 Å². The fourth-order valence-corrected chi connectivity index (χ4v) is 2.85. The van der Waals surface area contributed by atoms with Crippen LogP contribution in [0.25, 0.3) is 0 Å². The Labute approximate surface area is 121 Å². The van der Waals surface area contributed by atoms with Gasteiger partial charge in [-0.2, -0.15) is 0 Å². The molecule has 0 N–H and O–H groups in total. The summed E-state index contributed by atoms with van der Waals surface area (Å²) in [5.41, 5.74) is 1.20. The SMILES string of the molecule is COc1cc(CN2CCCCC2C)cc(OC)c1OC. The maximum atomic E-state index is 5.41. The smallest absolute Gasteiger partial charge is 0.203 e. The monoisotopic (exact) mass is 279 g/mol. The Morgan fingerprint density at radius 3 is 2.20 bits per heavy atom. The topological polar surface area (TPSA) is 30.9 Å². The number of likely N-dealkylation sites (tertiary alicyclic amines) is 1. The third-order valence-corrected chi connectivity index (χ3v) is 4.05. The van der Waals surface area contributed by atoms with Crippen LogP contribution in [0.3, 0.4) is 0 Å². The summed E-state index contributed by atoms with van der Waals surface area (Å²) in [5.74, 6) is 2.11. The lowest BCUT2D eigenvalue weighted by Gasteiger charge is -2.33. The van der Waals surface area contributed by atoms with Crippen LogP contribution in [0.5, 0.6) is 17.2 Å². The molecule has 1 saturated heterocycles. The Morgan fingerprint density at radius 1 is 1.05 bits per heavy atom. The van der Waals surface area contributed by atoms with Crippen LogP contribution in [-0.2, 0) is 6.54 Å². The van der Waals surface area contributed by atoms with Gasteiger partial charge in [0.2, 0.25) is 5.75 Å². The van der Waals surface area contributed by atoms with Crippen molar-refractivity contribution in [2.75, 3.05) is 27.9 Å². The standard InChI is InChI=1S/C16H25NO3/c1-12-7-5-6-8-17(12)11-13-9-14(18-2)16(20-4)15(10-13)19-3/h9-10,12H,5-8,11H2,1-4H3. The molecule has 1 unspecified atom stereocenters. The fourth-order valence-electron chi connectivity index (χ4n) is 2.85. The average molecular weight is 279 g/mol. The van der Waals surface area contributed by atoms with Gasteiger partial charge >= 0.3 is 0 Å². The predicted octanol–water partition coefficient (Wildman–Crippen LogP) is 3.09. The molecule has 0 amide bonds. The van der Waals surface area contributed by atoms with Crippen molar-refractivity contribution in [1.29, 1.82) is 0 Å². The van der Waals surface area contributed by atoms with E-state index in [1.54, 1.807) is 21.3 Å². The first-order chi connectivity index (χ1) is 9.69. The average Bonchev–Trinajstić information content (AvgIpc) is 2.48. The fraction of sp³-hybridized carbons (Fsp3) is 0.625. The molecule has 1 aliphatic heterocycles. The molecule has 1 fully saturated rings. The molecule has 1 heterocycles. The third kappa shape index (κ3) is 3.18. The molecule has 0 radical (unpaired) electrons. The van der Waals surface area contributed by atoms with Crippen molar-refractivity contribution in [1.82, 2.24) is 4.90 Å². The molecule has 2 rings (SSSR count). The summed E-state index contributed by atoms with van der Waals surface area (Å²) in [5, 5.41) is 0. The Morgan fingerprint density at radius 2 is 1.70 bits per heavy atom. The number of hydrogen-bond acceptors (Lipinski definition) is 4. The molecule has 4 nitrogen and oxygen atoms in total. The summed E-state index contributed by atoms with van der Waals surface area (Å²) < 4.78 is 16.2. The van der Waals surface area contributed by atoms with Crippen LogP contribution >= 0.6 is 0 Å². The second kappa shape index (κ2) is 6.84. The molecule has 20 heavy (non-hydrogen) atoms. The molecule has 0 saturated carbocycles. The highest BCUT2D eigenvalue weighted by Gasteiger charge is 2.20. The van der Waals surface area contributed by atoms with E-state index in [-0.39, 0.29) is 0 Å². The first kappa shape index (κ1) is 15.0. The largest absolute Gasteiger partial charge is 0.493 e.